The van der Waals surface area contributed by atoms with E-state index in [-0.39, 0.29) is 32.4 Å². The number of amides is 1. The first kappa shape index (κ1) is 22.3. The van der Waals surface area contributed by atoms with Crippen LogP contribution in [0.4, 0.5) is 5.69 Å². The second-order valence-corrected chi connectivity index (χ2v) is 9.13. The van der Waals surface area contributed by atoms with Gasteiger partial charge in [-0.3, -0.25) is 9.10 Å². The highest BCUT2D eigenvalue weighted by Crippen LogP contribution is 2.33. The number of aryl methyl sites for hydroxylation is 1. The zero-order valence-corrected chi connectivity index (χ0v) is 18.3. The summed E-state index contributed by atoms with van der Waals surface area (Å²) >= 11 is 12.0. The number of sulfonamides is 1. The third kappa shape index (κ3) is 5.10. The number of ether oxygens (including phenoxy) is 1. The van der Waals surface area contributed by atoms with Crippen LogP contribution in [-0.2, 0) is 14.8 Å². The van der Waals surface area contributed by atoms with Crippen LogP contribution in [-0.4, -0.2) is 34.0 Å². The second-order valence-electron chi connectivity index (χ2n) is 6.49. The number of carbonyl (C=O) groups is 1. The number of rotatable bonds is 7. The molecule has 0 bridgehead atoms. The summed E-state index contributed by atoms with van der Waals surface area (Å²) in [4.78, 5) is 12.3. The molecule has 0 aliphatic heterocycles. The van der Waals surface area contributed by atoms with E-state index in [0.717, 1.165) is 9.87 Å². The third-order valence-corrected chi connectivity index (χ3v) is 6.35. The van der Waals surface area contributed by atoms with Crippen molar-refractivity contribution in [3.05, 3.63) is 52.0 Å². The highest BCUT2D eigenvalue weighted by molar-refractivity contribution is 7.93. The Morgan fingerprint density at radius 1 is 1.14 bits per heavy atom. The molecule has 152 valence electrons. The van der Waals surface area contributed by atoms with E-state index < -0.39 is 22.5 Å². The van der Waals surface area contributed by atoms with Gasteiger partial charge in [0.1, 0.15) is 17.2 Å². The first-order valence-corrected chi connectivity index (χ1v) is 10.7. The van der Waals surface area contributed by atoms with Gasteiger partial charge in [0.25, 0.3) is 10.0 Å². The molecule has 0 saturated carbocycles. The van der Waals surface area contributed by atoms with E-state index in [1.54, 1.807) is 32.9 Å². The molecule has 0 aliphatic rings. The average molecular weight is 445 g/mol. The number of hydrogen-bond donors (Lipinski definition) is 1. The lowest BCUT2D eigenvalue weighted by molar-refractivity contribution is -0.120. The van der Waals surface area contributed by atoms with Gasteiger partial charge in [-0.1, -0.05) is 29.3 Å². The van der Waals surface area contributed by atoms with Crippen molar-refractivity contribution in [1.29, 1.82) is 0 Å². The lowest BCUT2D eigenvalue weighted by Crippen LogP contribution is -2.43. The van der Waals surface area contributed by atoms with Crippen molar-refractivity contribution in [3.63, 3.8) is 0 Å². The smallest absolute Gasteiger partial charge is 0.268 e. The van der Waals surface area contributed by atoms with Gasteiger partial charge >= 0.3 is 0 Å². The van der Waals surface area contributed by atoms with E-state index in [1.165, 1.54) is 31.4 Å². The summed E-state index contributed by atoms with van der Waals surface area (Å²) < 4.78 is 33.2. The Bertz CT molecular complexity index is 978. The van der Waals surface area contributed by atoms with Crippen molar-refractivity contribution >= 4 is 44.8 Å². The van der Waals surface area contributed by atoms with Crippen LogP contribution < -0.4 is 14.4 Å². The molecule has 0 spiro atoms. The summed E-state index contributed by atoms with van der Waals surface area (Å²) in [5.74, 6) is -0.267. The van der Waals surface area contributed by atoms with Crippen molar-refractivity contribution in [2.75, 3.05) is 18.0 Å². The summed E-state index contributed by atoms with van der Waals surface area (Å²) in [6.45, 7) is 4.93. The molecule has 28 heavy (non-hydrogen) atoms. The molecule has 0 unspecified atom stereocenters. The Hall–Kier alpha value is -1.96. The van der Waals surface area contributed by atoms with Gasteiger partial charge in [0.2, 0.25) is 5.91 Å². The van der Waals surface area contributed by atoms with E-state index >= 15 is 0 Å². The number of carbonyl (C=O) groups excluding carboxylic acids is 1. The molecule has 0 heterocycles. The molecule has 1 N–H and O–H groups in total. The maximum atomic E-state index is 13.5. The normalized spacial score (nSPS) is 11.4. The third-order valence-electron chi connectivity index (χ3n) is 3.82. The molecule has 0 atom stereocenters. The molecule has 2 rings (SSSR count). The minimum Gasteiger partial charge on any atom is -0.495 e. The van der Waals surface area contributed by atoms with Crippen LogP contribution >= 0.6 is 23.2 Å². The molecule has 0 aliphatic carbocycles. The molecule has 2 aromatic carbocycles. The first-order chi connectivity index (χ1) is 13.1. The summed E-state index contributed by atoms with van der Waals surface area (Å²) in [6.07, 6.45) is 0. The van der Waals surface area contributed by atoms with Crippen LogP contribution in [0.1, 0.15) is 19.4 Å². The fourth-order valence-electron chi connectivity index (χ4n) is 2.56. The van der Waals surface area contributed by atoms with Gasteiger partial charge in [0.05, 0.1) is 22.8 Å². The molecule has 2 aromatic rings. The largest absolute Gasteiger partial charge is 0.495 e. The van der Waals surface area contributed by atoms with Crippen molar-refractivity contribution in [2.24, 2.45) is 0 Å². The Balaban J connectivity index is 2.61. The number of nitrogens with one attached hydrogen (secondary N) is 1. The Morgan fingerprint density at radius 2 is 1.82 bits per heavy atom. The van der Waals surface area contributed by atoms with Crippen LogP contribution in [0, 0.1) is 6.92 Å². The van der Waals surface area contributed by atoms with Gasteiger partial charge in [-0.15, -0.1) is 0 Å². The van der Waals surface area contributed by atoms with Crippen LogP contribution in [0.2, 0.25) is 10.0 Å². The summed E-state index contributed by atoms with van der Waals surface area (Å²) in [6, 6.07) is 9.06. The Kier molecular flexibility index (Phi) is 7.20. The predicted octanol–water partition coefficient (Wildman–Crippen LogP) is 4.03. The van der Waals surface area contributed by atoms with Crippen LogP contribution in [0.5, 0.6) is 5.75 Å². The highest BCUT2D eigenvalue weighted by Gasteiger charge is 2.30. The van der Waals surface area contributed by atoms with Gasteiger partial charge in [0.15, 0.2) is 0 Å². The van der Waals surface area contributed by atoms with Crippen molar-refractivity contribution < 1.29 is 17.9 Å². The molecular weight excluding hydrogens is 423 g/mol. The van der Waals surface area contributed by atoms with Gasteiger partial charge in [-0.25, -0.2) is 8.42 Å². The molecule has 1 amide bonds. The standard InChI is InChI=1S/C19H22Cl2N2O4S/c1-12(2)22-19(24)11-23(14-6-7-15(20)16(21)10-14)28(25,26)18-9-13(3)5-8-17(18)27-4/h5-10,12H,11H2,1-4H3,(H,22,24). The highest BCUT2D eigenvalue weighted by atomic mass is 35.5. The topological polar surface area (TPSA) is 75.7 Å². The van der Waals surface area contributed by atoms with Crippen LogP contribution in [0.25, 0.3) is 0 Å². The summed E-state index contributed by atoms with van der Waals surface area (Å²) in [5, 5.41) is 3.16. The second kappa shape index (κ2) is 9.03. The van der Waals surface area contributed by atoms with Crippen LogP contribution in [0.15, 0.2) is 41.3 Å². The van der Waals surface area contributed by atoms with Crippen molar-refractivity contribution in [1.82, 2.24) is 5.32 Å². The minimum atomic E-state index is -4.13. The maximum Gasteiger partial charge on any atom is 0.268 e. The zero-order valence-electron chi connectivity index (χ0n) is 16.0. The fraction of sp³-hybridized carbons (Fsp3) is 0.316. The van der Waals surface area contributed by atoms with Crippen molar-refractivity contribution in [2.45, 2.75) is 31.7 Å². The number of nitrogens with zero attached hydrogens (tertiary/aromatic N) is 1. The number of methoxy groups -OCH3 is 1. The predicted molar refractivity (Wildman–Crippen MR) is 112 cm³/mol. The number of anilines is 1. The van der Waals surface area contributed by atoms with Gasteiger partial charge < -0.3 is 10.1 Å². The van der Waals surface area contributed by atoms with Gasteiger partial charge in [-0.05, 0) is 56.7 Å². The number of hydrogen-bond acceptors (Lipinski definition) is 4. The quantitative estimate of drug-likeness (QED) is 0.698. The Labute approximate surface area is 175 Å². The van der Waals surface area contributed by atoms with E-state index in [1.807, 2.05) is 0 Å². The van der Waals surface area contributed by atoms with Gasteiger partial charge in [0, 0.05) is 6.04 Å². The molecule has 0 radical (unpaired) electrons. The van der Waals surface area contributed by atoms with E-state index in [4.69, 9.17) is 27.9 Å². The first-order valence-electron chi connectivity index (χ1n) is 8.48. The molecule has 0 fully saturated rings. The summed E-state index contributed by atoms with van der Waals surface area (Å²) in [5.41, 5.74) is 0.956. The van der Waals surface area contributed by atoms with Crippen LogP contribution in [0.3, 0.4) is 0 Å². The SMILES string of the molecule is COc1ccc(C)cc1S(=O)(=O)N(CC(=O)NC(C)C)c1ccc(Cl)c(Cl)c1. The van der Waals surface area contributed by atoms with E-state index in [2.05, 4.69) is 5.32 Å². The minimum absolute atomic E-state index is 0.0431. The Morgan fingerprint density at radius 3 is 2.39 bits per heavy atom. The average Bonchev–Trinajstić information content (AvgIpc) is 2.61. The lowest BCUT2D eigenvalue weighted by atomic mass is 10.2. The monoisotopic (exact) mass is 444 g/mol. The van der Waals surface area contributed by atoms with E-state index in [9.17, 15) is 13.2 Å². The number of halogens is 2. The molecule has 0 saturated heterocycles. The molecule has 0 aromatic heterocycles. The molecule has 6 nitrogen and oxygen atoms in total. The van der Waals surface area contributed by atoms with E-state index in [0.29, 0.717) is 0 Å². The van der Waals surface area contributed by atoms with Gasteiger partial charge in [-0.2, -0.15) is 0 Å². The number of benzene rings is 2. The zero-order chi connectivity index (χ0) is 21.1. The molecule has 9 heteroatoms. The summed E-state index contributed by atoms with van der Waals surface area (Å²) in [7, 11) is -2.75. The fourth-order valence-corrected chi connectivity index (χ4v) is 4.51. The van der Waals surface area contributed by atoms with Crippen molar-refractivity contribution in [3.8, 4) is 5.75 Å². The molecular formula is C19H22Cl2N2O4S. The lowest BCUT2D eigenvalue weighted by Gasteiger charge is -2.26. The maximum absolute atomic E-state index is 13.5.